The van der Waals surface area contributed by atoms with Crippen molar-refractivity contribution in [3.63, 3.8) is 0 Å². The van der Waals surface area contributed by atoms with Crippen LogP contribution in [0, 0.1) is 0 Å². The Labute approximate surface area is 91.5 Å². The van der Waals surface area contributed by atoms with E-state index in [1.807, 2.05) is 4.90 Å². The maximum absolute atomic E-state index is 11.2. The van der Waals surface area contributed by atoms with Crippen molar-refractivity contribution in [2.75, 3.05) is 26.2 Å². The number of rotatable bonds is 8. The Balaban J connectivity index is 3.91. The van der Waals surface area contributed by atoms with Gasteiger partial charge in [-0.2, -0.15) is 0 Å². The molecular weight excluding hydrogens is 194 g/mol. The van der Waals surface area contributed by atoms with Gasteiger partial charge in [0.05, 0.1) is 19.3 Å². The minimum atomic E-state index is -0.348. The van der Waals surface area contributed by atoms with Gasteiger partial charge in [-0.15, -0.1) is 6.58 Å². The number of aliphatic hydroxyl groups is 1. The van der Waals surface area contributed by atoms with Crippen LogP contribution in [-0.4, -0.2) is 48.3 Å². The van der Waals surface area contributed by atoms with E-state index in [0.717, 1.165) is 0 Å². The van der Waals surface area contributed by atoms with E-state index in [4.69, 9.17) is 9.84 Å². The lowest BCUT2D eigenvalue weighted by molar-refractivity contribution is -0.144. The number of hydrogen-bond donors (Lipinski definition) is 1. The van der Waals surface area contributed by atoms with Gasteiger partial charge < -0.3 is 9.84 Å². The molecule has 4 heteroatoms. The molecule has 15 heavy (non-hydrogen) atoms. The maximum atomic E-state index is 11.2. The van der Waals surface area contributed by atoms with Gasteiger partial charge in [-0.3, -0.25) is 9.69 Å². The average Bonchev–Trinajstić information content (AvgIpc) is 2.15. The van der Waals surface area contributed by atoms with Crippen LogP contribution in [0.2, 0.25) is 0 Å². The van der Waals surface area contributed by atoms with Crippen LogP contribution in [0.3, 0.4) is 0 Å². The number of carbonyl (C=O) groups is 1. The molecule has 0 spiro atoms. The van der Waals surface area contributed by atoms with Gasteiger partial charge in [-0.1, -0.05) is 6.08 Å². The summed E-state index contributed by atoms with van der Waals surface area (Å²) >= 11 is 0. The topological polar surface area (TPSA) is 49.8 Å². The standard InChI is InChI=1S/C11H21NO3/c1-4-7-12(8-6-10(3)13)9-11(14)15-5-2/h4,10,13H,1,5-9H2,2-3H3. The van der Waals surface area contributed by atoms with Gasteiger partial charge in [-0.25, -0.2) is 0 Å². The molecule has 0 aromatic rings. The zero-order valence-electron chi connectivity index (χ0n) is 9.61. The van der Waals surface area contributed by atoms with E-state index in [1.165, 1.54) is 0 Å². The molecule has 0 aromatic heterocycles. The molecule has 1 atom stereocenters. The number of ether oxygens (including phenoxy) is 1. The third-order valence-corrected chi connectivity index (χ3v) is 1.91. The molecule has 0 aliphatic carbocycles. The summed E-state index contributed by atoms with van der Waals surface area (Å²) in [5.41, 5.74) is 0. The SMILES string of the molecule is C=CCN(CCC(C)O)CC(=O)OCC. The molecule has 0 radical (unpaired) electrons. The first-order chi connectivity index (χ1) is 7.10. The normalized spacial score (nSPS) is 12.5. The first-order valence-corrected chi connectivity index (χ1v) is 5.27. The predicted molar refractivity (Wildman–Crippen MR) is 59.6 cm³/mol. The zero-order valence-corrected chi connectivity index (χ0v) is 9.61. The van der Waals surface area contributed by atoms with Crippen molar-refractivity contribution < 1.29 is 14.6 Å². The smallest absolute Gasteiger partial charge is 0.320 e. The second-order valence-corrected chi connectivity index (χ2v) is 3.47. The minimum Gasteiger partial charge on any atom is -0.465 e. The van der Waals surface area contributed by atoms with Crippen LogP contribution in [-0.2, 0) is 9.53 Å². The van der Waals surface area contributed by atoms with E-state index < -0.39 is 0 Å². The second-order valence-electron chi connectivity index (χ2n) is 3.47. The zero-order chi connectivity index (χ0) is 11.7. The molecule has 0 saturated carbocycles. The summed E-state index contributed by atoms with van der Waals surface area (Å²) in [6.07, 6.45) is 2.04. The molecule has 0 bridgehead atoms. The number of nitrogens with zero attached hydrogens (tertiary/aromatic N) is 1. The van der Waals surface area contributed by atoms with E-state index in [-0.39, 0.29) is 18.6 Å². The average molecular weight is 215 g/mol. The molecule has 4 nitrogen and oxygen atoms in total. The fourth-order valence-electron chi connectivity index (χ4n) is 1.18. The van der Waals surface area contributed by atoms with E-state index in [9.17, 15) is 4.79 Å². The quantitative estimate of drug-likeness (QED) is 0.481. The van der Waals surface area contributed by atoms with Gasteiger partial charge in [-0.05, 0) is 20.3 Å². The first kappa shape index (κ1) is 14.1. The second kappa shape index (κ2) is 8.44. The molecule has 0 aromatic carbocycles. The summed E-state index contributed by atoms with van der Waals surface area (Å²) in [5, 5.41) is 9.14. The number of hydrogen-bond acceptors (Lipinski definition) is 4. The van der Waals surface area contributed by atoms with Crippen LogP contribution in [0.4, 0.5) is 0 Å². The van der Waals surface area contributed by atoms with Gasteiger partial charge in [0.1, 0.15) is 0 Å². The summed E-state index contributed by atoms with van der Waals surface area (Å²) in [5.74, 6) is -0.232. The van der Waals surface area contributed by atoms with Crippen molar-refractivity contribution in [2.24, 2.45) is 0 Å². The van der Waals surface area contributed by atoms with Gasteiger partial charge >= 0.3 is 5.97 Å². The lowest BCUT2D eigenvalue weighted by Gasteiger charge is -2.20. The van der Waals surface area contributed by atoms with Crippen molar-refractivity contribution in [3.05, 3.63) is 12.7 Å². The fourth-order valence-corrected chi connectivity index (χ4v) is 1.18. The van der Waals surface area contributed by atoms with Crippen LogP contribution < -0.4 is 0 Å². The van der Waals surface area contributed by atoms with Crippen LogP contribution in [0.5, 0.6) is 0 Å². The van der Waals surface area contributed by atoms with Gasteiger partial charge in [0.25, 0.3) is 0 Å². The number of esters is 1. The van der Waals surface area contributed by atoms with Crippen molar-refractivity contribution in [1.29, 1.82) is 0 Å². The Hall–Kier alpha value is -0.870. The van der Waals surface area contributed by atoms with Crippen molar-refractivity contribution in [3.8, 4) is 0 Å². The Bertz CT molecular complexity index is 192. The van der Waals surface area contributed by atoms with Crippen molar-refractivity contribution in [1.82, 2.24) is 4.90 Å². The summed E-state index contributed by atoms with van der Waals surface area (Å²) in [6.45, 7) is 9.10. The van der Waals surface area contributed by atoms with Crippen LogP contribution in [0.1, 0.15) is 20.3 Å². The van der Waals surface area contributed by atoms with Gasteiger partial charge in [0, 0.05) is 13.1 Å². The molecule has 0 aliphatic heterocycles. The highest BCUT2D eigenvalue weighted by atomic mass is 16.5. The summed E-state index contributed by atoms with van der Waals surface area (Å²) in [7, 11) is 0. The van der Waals surface area contributed by atoms with Crippen LogP contribution in [0.15, 0.2) is 12.7 Å². The van der Waals surface area contributed by atoms with Crippen LogP contribution in [0.25, 0.3) is 0 Å². The largest absolute Gasteiger partial charge is 0.465 e. The van der Waals surface area contributed by atoms with E-state index >= 15 is 0 Å². The minimum absolute atomic E-state index is 0.232. The molecule has 0 heterocycles. The molecule has 0 aliphatic rings. The van der Waals surface area contributed by atoms with Gasteiger partial charge in [0.2, 0.25) is 0 Å². The highest BCUT2D eigenvalue weighted by Crippen LogP contribution is 1.97. The first-order valence-electron chi connectivity index (χ1n) is 5.27. The number of aliphatic hydroxyl groups excluding tert-OH is 1. The van der Waals surface area contributed by atoms with E-state index in [1.54, 1.807) is 19.9 Å². The fraction of sp³-hybridized carbons (Fsp3) is 0.727. The Morgan fingerprint density at radius 1 is 1.67 bits per heavy atom. The molecule has 0 amide bonds. The van der Waals surface area contributed by atoms with E-state index in [0.29, 0.717) is 26.1 Å². The Morgan fingerprint density at radius 3 is 2.80 bits per heavy atom. The van der Waals surface area contributed by atoms with Crippen molar-refractivity contribution >= 4 is 5.97 Å². The monoisotopic (exact) mass is 215 g/mol. The molecule has 88 valence electrons. The maximum Gasteiger partial charge on any atom is 0.320 e. The Morgan fingerprint density at radius 2 is 2.33 bits per heavy atom. The predicted octanol–water partition coefficient (Wildman–Crippen LogP) is 0.808. The summed E-state index contributed by atoms with van der Waals surface area (Å²) < 4.78 is 4.85. The third kappa shape index (κ3) is 8.15. The third-order valence-electron chi connectivity index (χ3n) is 1.91. The van der Waals surface area contributed by atoms with Crippen molar-refractivity contribution in [2.45, 2.75) is 26.4 Å². The van der Waals surface area contributed by atoms with Crippen LogP contribution >= 0.6 is 0 Å². The van der Waals surface area contributed by atoms with Gasteiger partial charge in [0.15, 0.2) is 0 Å². The lowest BCUT2D eigenvalue weighted by Crippen LogP contribution is -2.33. The number of carbonyl (C=O) groups excluding carboxylic acids is 1. The molecule has 0 fully saturated rings. The molecule has 1 unspecified atom stereocenters. The molecule has 1 N–H and O–H groups in total. The molecule has 0 saturated heterocycles. The summed E-state index contributed by atoms with van der Waals surface area (Å²) in [4.78, 5) is 13.1. The highest BCUT2D eigenvalue weighted by molar-refractivity contribution is 5.71. The highest BCUT2D eigenvalue weighted by Gasteiger charge is 2.10. The Kier molecular flexibility index (Phi) is 7.95. The molecular formula is C11H21NO3. The van der Waals surface area contributed by atoms with E-state index in [2.05, 4.69) is 6.58 Å². The molecule has 0 rings (SSSR count). The lowest BCUT2D eigenvalue weighted by atomic mass is 10.2. The summed E-state index contributed by atoms with van der Waals surface area (Å²) in [6, 6.07) is 0.